The van der Waals surface area contributed by atoms with Crippen molar-refractivity contribution in [2.75, 3.05) is 12.4 Å². The van der Waals surface area contributed by atoms with Gasteiger partial charge in [-0.1, -0.05) is 23.7 Å². The third-order valence-corrected chi connectivity index (χ3v) is 3.19. The maximum absolute atomic E-state index is 13.3. The van der Waals surface area contributed by atoms with Crippen LogP contribution in [0.25, 0.3) is 0 Å². The summed E-state index contributed by atoms with van der Waals surface area (Å²) >= 11 is 6.15. The minimum absolute atomic E-state index is 0.222. The van der Waals surface area contributed by atoms with Gasteiger partial charge < -0.3 is 10.1 Å². The summed E-state index contributed by atoms with van der Waals surface area (Å²) in [6.45, 7) is 2.57. The van der Waals surface area contributed by atoms with E-state index in [9.17, 15) is 4.39 Å². The van der Waals surface area contributed by atoms with E-state index >= 15 is 0 Å². The van der Waals surface area contributed by atoms with Gasteiger partial charge in [0.25, 0.3) is 0 Å². The van der Waals surface area contributed by atoms with Crippen LogP contribution < -0.4 is 10.1 Å². The molecule has 0 radical (unpaired) electrons. The van der Waals surface area contributed by atoms with Crippen LogP contribution in [0.4, 0.5) is 10.1 Å². The summed E-state index contributed by atoms with van der Waals surface area (Å²) in [5.41, 5.74) is 2.91. The molecule has 0 heterocycles. The van der Waals surface area contributed by atoms with Gasteiger partial charge in [-0.2, -0.15) is 0 Å². The molecule has 1 N–H and O–H groups in total. The van der Waals surface area contributed by atoms with Crippen LogP contribution in [0.3, 0.4) is 0 Å². The summed E-state index contributed by atoms with van der Waals surface area (Å²) in [5, 5.41) is 3.92. The Morgan fingerprint density at radius 3 is 2.68 bits per heavy atom. The van der Waals surface area contributed by atoms with E-state index in [1.165, 1.54) is 13.2 Å². The van der Waals surface area contributed by atoms with Gasteiger partial charge in [0.05, 0.1) is 7.11 Å². The van der Waals surface area contributed by atoms with Gasteiger partial charge in [-0.3, -0.25) is 0 Å². The van der Waals surface area contributed by atoms with E-state index in [1.807, 2.05) is 25.1 Å². The smallest absolute Gasteiger partial charge is 0.165 e. The standard InChI is InChI=1S/C15H15ClFNO/c1-10-3-4-11(13(16)7-10)9-18-12-5-6-14(17)15(8-12)19-2/h3-8,18H,9H2,1-2H3. The molecule has 2 rings (SSSR count). The first-order valence-corrected chi connectivity index (χ1v) is 6.30. The van der Waals surface area contributed by atoms with Gasteiger partial charge in [0.2, 0.25) is 0 Å². The fourth-order valence-electron chi connectivity index (χ4n) is 1.76. The fraction of sp³-hybridized carbons (Fsp3) is 0.200. The van der Waals surface area contributed by atoms with E-state index in [0.717, 1.165) is 21.8 Å². The molecule has 100 valence electrons. The van der Waals surface area contributed by atoms with Gasteiger partial charge in [-0.05, 0) is 36.2 Å². The molecule has 2 aromatic rings. The Labute approximate surface area is 117 Å². The van der Waals surface area contributed by atoms with Crippen LogP contribution in [0.15, 0.2) is 36.4 Å². The Kier molecular flexibility index (Phi) is 4.27. The fourth-order valence-corrected chi connectivity index (χ4v) is 2.06. The molecule has 0 saturated heterocycles. The lowest BCUT2D eigenvalue weighted by Gasteiger charge is -2.10. The van der Waals surface area contributed by atoms with Crippen LogP contribution in [-0.4, -0.2) is 7.11 Å². The van der Waals surface area contributed by atoms with Crippen molar-refractivity contribution in [1.82, 2.24) is 0 Å². The lowest BCUT2D eigenvalue weighted by Crippen LogP contribution is -2.01. The van der Waals surface area contributed by atoms with E-state index in [1.54, 1.807) is 12.1 Å². The number of benzene rings is 2. The number of aryl methyl sites for hydroxylation is 1. The summed E-state index contributed by atoms with van der Waals surface area (Å²) in [6.07, 6.45) is 0. The van der Waals surface area contributed by atoms with E-state index in [-0.39, 0.29) is 11.6 Å². The molecule has 0 amide bonds. The van der Waals surface area contributed by atoms with E-state index in [0.29, 0.717) is 6.54 Å². The number of halogens is 2. The van der Waals surface area contributed by atoms with Crippen molar-refractivity contribution in [2.24, 2.45) is 0 Å². The average Bonchev–Trinajstić information content (AvgIpc) is 2.39. The Hall–Kier alpha value is -1.74. The van der Waals surface area contributed by atoms with Crippen LogP contribution in [0.5, 0.6) is 5.75 Å². The van der Waals surface area contributed by atoms with Crippen molar-refractivity contribution in [3.8, 4) is 5.75 Å². The molecule has 0 bridgehead atoms. The average molecular weight is 280 g/mol. The molecular weight excluding hydrogens is 265 g/mol. The third kappa shape index (κ3) is 3.38. The van der Waals surface area contributed by atoms with Crippen LogP contribution in [0.2, 0.25) is 5.02 Å². The molecule has 0 aliphatic carbocycles. The minimum atomic E-state index is -0.374. The number of ether oxygens (including phenoxy) is 1. The highest BCUT2D eigenvalue weighted by Crippen LogP contribution is 2.23. The van der Waals surface area contributed by atoms with Crippen LogP contribution in [0.1, 0.15) is 11.1 Å². The molecule has 4 heteroatoms. The van der Waals surface area contributed by atoms with Crippen molar-refractivity contribution in [2.45, 2.75) is 13.5 Å². The Morgan fingerprint density at radius 1 is 1.21 bits per heavy atom. The van der Waals surface area contributed by atoms with Crippen molar-refractivity contribution in [1.29, 1.82) is 0 Å². The minimum Gasteiger partial charge on any atom is -0.494 e. The predicted octanol–water partition coefficient (Wildman–Crippen LogP) is 4.41. The topological polar surface area (TPSA) is 21.3 Å². The quantitative estimate of drug-likeness (QED) is 0.895. The Balaban J connectivity index is 2.10. The normalized spacial score (nSPS) is 10.3. The van der Waals surface area contributed by atoms with Crippen molar-refractivity contribution >= 4 is 17.3 Å². The molecule has 0 fully saturated rings. The predicted molar refractivity (Wildman–Crippen MR) is 76.5 cm³/mol. The van der Waals surface area contributed by atoms with E-state index in [4.69, 9.17) is 16.3 Å². The highest BCUT2D eigenvalue weighted by atomic mass is 35.5. The maximum atomic E-state index is 13.3. The first-order valence-electron chi connectivity index (χ1n) is 5.92. The van der Waals surface area contributed by atoms with Crippen LogP contribution >= 0.6 is 11.6 Å². The molecule has 2 nitrogen and oxygen atoms in total. The maximum Gasteiger partial charge on any atom is 0.165 e. The molecule has 0 spiro atoms. The monoisotopic (exact) mass is 279 g/mol. The van der Waals surface area contributed by atoms with E-state index in [2.05, 4.69) is 5.32 Å². The SMILES string of the molecule is COc1cc(NCc2ccc(C)cc2Cl)ccc1F. The summed E-state index contributed by atoms with van der Waals surface area (Å²) in [6, 6.07) is 10.6. The highest BCUT2D eigenvalue weighted by Gasteiger charge is 2.04. The summed E-state index contributed by atoms with van der Waals surface area (Å²) in [5.74, 6) is -0.151. The Morgan fingerprint density at radius 2 is 2.00 bits per heavy atom. The molecule has 0 aliphatic rings. The van der Waals surface area contributed by atoms with Crippen molar-refractivity contribution < 1.29 is 9.13 Å². The largest absolute Gasteiger partial charge is 0.494 e. The summed E-state index contributed by atoms with van der Waals surface area (Å²) < 4.78 is 18.2. The molecule has 2 aromatic carbocycles. The van der Waals surface area contributed by atoms with Gasteiger partial charge in [0.1, 0.15) is 0 Å². The molecular formula is C15H15ClFNO. The number of nitrogens with one attached hydrogen (secondary N) is 1. The van der Waals surface area contributed by atoms with Crippen LogP contribution in [0, 0.1) is 12.7 Å². The van der Waals surface area contributed by atoms with E-state index < -0.39 is 0 Å². The van der Waals surface area contributed by atoms with Gasteiger partial charge in [0.15, 0.2) is 11.6 Å². The van der Waals surface area contributed by atoms with Gasteiger partial charge in [0, 0.05) is 23.3 Å². The highest BCUT2D eigenvalue weighted by molar-refractivity contribution is 6.31. The first kappa shape index (κ1) is 13.7. The van der Waals surface area contributed by atoms with Crippen molar-refractivity contribution in [3.63, 3.8) is 0 Å². The second-order valence-corrected chi connectivity index (χ2v) is 4.70. The molecule has 0 saturated carbocycles. The number of rotatable bonds is 4. The lowest BCUT2D eigenvalue weighted by atomic mass is 10.1. The molecule has 0 atom stereocenters. The third-order valence-electron chi connectivity index (χ3n) is 2.84. The van der Waals surface area contributed by atoms with Crippen molar-refractivity contribution in [3.05, 3.63) is 58.4 Å². The lowest BCUT2D eigenvalue weighted by molar-refractivity contribution is 0.387. The number of hydrogen-bond donors (Lipinski definition) is 1. The first-order chi connectivity index (χ1) is 9.10. The zero-order chi connectivity index (χ0) is 13.8. The van der Waals surface area contributed by atoms with Gasteiger partial charge >= 0.3 is 0 Å². The molecule has 0 aromatic heterocycles. The molecule has 0 unspecified atom stereocenters. The molecule has 19 heavy (non-hydrogen) atoms. The van der Waals surface area contributed by atoms with Crippen LogP contribution in [-0.2, 0) is 6.54 Å². The number of methoxy groups -OCH3 is 1. The Bertz CT molecular complexity index is 586. The zero-order valence-electron chi connectivity index (χ0n) is 10.8. The van der Waals surface area contributed by atoms with Gasteiger partial charge in [-0.25, -0.2) is 4.39 Å². The summed E-state index contributed by atoms with van der Waals surface area (Å²) in [7, 11) is 1.44. The summed E-state index contributed by atoms with van der Waals surface area (Å²) in [4.78, 5) is 0. The second kappa shape index (κ2) is 5.93. The molecule has 0 aliphatic heterocycles. The van der Waals surface area contributed by atoms with Gasteiger partial charge in [-0.15, -0.1) is 0 Å². The number of anilines is 1. The zero-order valence-corrected chi connectivity index (χ0v) is 11.6. The number of hydrogen-bond acceptors (Lipinski definition) is 2. The second-order valence-electron chi connectivity index (χ2n) is 4.30.